The van der Waals surface area contributed by atoms with Gasteiger partial charge >= 0.3 is 0 Å². The molecule has 1 aromatic heterocycles. The fourth-order valence-electron chi connectivity index (χ4n) is 2.50. The molecule has 0 unspecified atom stereocenters. The third-order valence-electron chi connectivity index (χ3n) is 3.63. The molecule has 0 spiro atoms. The zero-order valence-corrected chi connectivity index (χ0v) is 11.9. The van der Waals surface area contributed by atoms with Gasteiger partial charge in [-0.25, -0.2) is 0 Å². The number of aromatic nitrogens is 2. The van der Waals surface area contributed by atoms with Crippen LogP contribution in [-0.4, -0.2) is 9.78 Å². The minimum absolute atomic E-state index is 0.0830. The molecule has 0 atom stereocenters. The fraction of sp³-hybridized carbons (Fsp3) is 0.786. The first-order valence-electron chi connectivity index (χ1n) is 6.74. The van der Waals surface area contributed by atoms with Crippen molar-refractivity contribution >= 4 is 11.6 Å². The summed E-state index contributed by atoms with van der Waals surface area (Å²) in [5, 5.41) is 5.54. The third kappa shape index (κ3) is 3.04. The second kappa shape index (κ2) is 5.01. The highest BCUT2D eigenvalue weighted by Gasteiger charge is 2.23. The first kappa shape index (κ1) is 12.9. The molecule has 1 heterocycles. The van der Waals surface area contributed by atoms with Gasteiger partial charge in [0.05, 0.1) is 11.7 Å². The predicted octanol–water partition coefficient (Wildman–Crippen LogP) is 4.73. The smallest absolute Gasteiger partial charge is 0.127 e. The van der Waals surface area contributed by atoms with Crippen LogP contribution in [0.3, 0.4) is 0 Å². The van der Waals surface area contributed by atoms with Crippen molar-refractivity contribution in [3.63, 3.8) is 0 Å². The van der Waals surface area contributed by atoms with Crippen LogP contribution in [-0.2, 0) is 5.41 Å². The van der Waals surface area contributed by atoms with Gasteiger partial charge < -0.3 is 0 Å². The van der Waals surface area contributed by atoms with E-state index < -0.39 is 0 Å². The number of hydrogen-bond acceptors (Lipinski definition) is 1. The van der Waals surface area contributed by atoms with E-state index in [0.29, 0.717) is 6.04 Å². The summed E-state index contributed by atoms with van der Waals surface area (Å²) >= 11 is 6.34. The summed E-state index contributed by atoms with van der Waals surface area (Å²) in [4.78, 5) is 0. The number of nitrogens with zero attached hydrogens (tertiary/aromatic N) is 2. The van der Waals surface area contributed by atoms with Crippen molar-refractivity contribution in [1.82, 2.24) is 9.78 Å². The summed E-state index contributed by atoms with van der Waals surface area (Å²) in [5.74, 6) is 0. The molecule has 3 heteroatoms. The Balaban J connectivity index is 2.22. The summed E-state index contributed by atoms with van der Waals surface area (Å²) in [5.41, 5.74) is 1.19. The molecule has 1 aliphatic rings. The van der Waals surface area contributed by atoms with Crippen molar-refractivity contribution in [3.05, 3.63) is 16.9 Å². The van der Waals surface area contributed by atoms with Gasteiger partial charge in [-0.1, -0.05) is 58.1 Å². The maximum absolute atomic E-state index is 6.34. The summed E-state index contributed by atoms with van der Waals surface area (Å²) in [6.45, 7) is 6.55. The van der Waals surface area contributed by atoms with Gasteiger partial charge in [0, 0.05) is 5.41 Å². The molecule has 1 fully saturated rings. The topological polar surface area (TPSA) is 17.8 Å². The van der Waals surface area contributed by atoms with Crippen molar-refractivity contribution in [2.75, 3.05) is 0 Å². The van der Waals surface area contributed by atoms with Crippen LogP contribution < -0.4 is 0 Å². The van der Waals surface area contributed by atoms with Crippen molar-refractivity contribution in [1.29, 1.82) is 0 Å². The quantitative estimate of drug-likeness (QED) is 0.663. The van der Waals surface area contributed by atoms with Gasteiger partial charge in [0.25, 0.3) is 0 Å². The molecule has 0 N–H and O–H groups in total. The van der Waals surface area contributed by atoms with E-state index in [4.69, 9.17) is 16.7 Å². The molecule has 0 saturated heterocycles. The summed E-state index contributed by atoms with van der Waals surface area (Å²) in [6.07, 6.45) is 7.80. The average molecular weight is 255 g/mol. The first-order chi connectivity index (χ1) is 7.98. The highest BCUT2D eigenvalue weighted by molar-refractivity contribution is 6.29. The van der Waals surface area contributed by atoms with Gasteiger partial charge in [0.15, 0.2) is 0 Å². The Morgan fingerprint density at radius 3 is 2.24 bits per heavy atom. The maximum atomic E-state index is 6.34. The van der Waals surface area contributed by atoms with Gasteiger partial charge in [-0.2, -0.15) is 5.10 Å². The molecule has 0 aliphatic heterocycles. The molecular weight excluding hydrogens is 232 g/mol. The van der Waals surface area contributed by atoms with E-state index in [1.54, 1.807) is 0 Å². The average Bonchev–Trinajstić information content (AvgIpc) is 2.50. The zero-order chi connectivity index (χ0) is 12.5. The first-order valence-corrected chi connectivity index (χ1v) is 7.12. The van der Waals surface area contributed by atoms with E-state index in [0.717, 1.165) is 10.8 Å². The summed E-state index contributed by atoms with van der Waals surface area (Å²) in [6, 6.07) is 2.55. The molecule has 0 aromatic carbocycles. The maximum Gasteiger partial charge on any atom is 0.127 e. The Hall–Kier alpha value is -0.500. The molecule has 17 heavy (non-hydrogen) atoms. The molecule has 1 saturated carbocycles. The normalized spacial score (nSPS) is 19.3. The highest BCUT2D eigenvalue weighted by atomic mass is 35.5. The lowest BCUT2D eigenvalue weighted by atomic mass is 9.93. The van der Waals surface area contributed by atoms with Crippen LogP contribution in [0.2, 0.25) is 5.15 Å². The van der Waals surface area contributed by atoms with Crippen LogP contribution in [0.1, 0.15) is 71.0 Å². The number of rotatable bonds is 1. The summed E-state index contributed by atoms with van der Waals surface area (Å²) in [7, 11) is 0. The summed E-state index contributed by atoms with van der Waals surface area (Å²) < 4.78 is 2.06. The minimum Gasteiger partial charge on any atom is -0.251 e. The van der Waals surface area contributed by atoms with E-state index in [-0.39, 0.29) is 5.41 Å². The molecule has 1 aliphatic carbocycles. The lowest BCUT2D eigenvalue weighted by Gasteiger charge is -2.17. The standard InChI is InChI=1S/C14H23ClN2/c1-14(2,3)12-10-13(15)17(16-12)11-8-6-4-5-7-9-11/h10-11H,4-9H2,1-3H3. The van der Waals surface area contributed by atoms with Crippen molar-refractivity contribution < 1.29 is 0 Å². The fourth-order valence-corrected chi connectivity index (χ4v) is 2.78. The molecule has 0 radical (unpaired) electrons. The second-order valence-corrected chi connectivity index (χ2v) is 6.58. The third-order valence-corrected chi connectivity index (χ3v) is 3.91. The van der Waals surface area contributed by atoms with Crippen LogP contribution in [0.15, 0.2) is 6.07 Å². The van der Waals surface area contributed by atoms with Crippen molar-refractivity contribution in [2.45, 2.75) is 70.8 Å². The molecule has 2 rings (SSSR count). The number of hydrogen-bond donors (Lipinski definition) is 0. The van der Waals surface area contributed by atoms with E-state index in [1.165, 1.54) is 38.5 Å². The van der Waals surface area contributed by atoms with Crippen LogP contribution in [0, 0.1) is 0 Å². The van der Waals surface area contributed by atoms with E-state index in [9.17, 15) is 0 Å². The van der Waals surface area contributed by atoms with E-state index in [1.807, 2.05) is 6.07 Å². The van der Waals surface area contributed by atoms with Crippen molar-refractivity contribution in [2.24, 2.45) is 0 Å². The predicted molar refractivity (Wildman–Crippen MR) is 72.7 cm³/mol. The molecular formula is C14H23ClN2. The molecule has 1 aromatic rings. The van der Waals surface area contributed by atoms with E-state index >= 15 is 0 Å². The van der Waals surface area contributed by atoms with Crippen LogP contribution in [0.25, 0.3) is 0 Å². The van der Waals surface area contributed by atoms with Gasteiger partial charge in [0.2, 0.25) is 0 Å². The minimum atomic E-state index is 0.0830. The van der Waals surface area contributed by atoms with E-state index in [2.05, 4.69) is 25.5 Å². The Morgan fingerprint density at radius 2 is 1.76 bits per heavy atom. The highest BCUT2D eigenvalue weighted by Crippen LogP contribution is 2.32. The van der Waals surface area contributed by atoms with Gasteiger partial charge in [-0.05, 0) is 18.9 Å². The van der Waals surface area contributed by atoms with Crippen LogP contribution >= 0.6 is 11.6 Å². The molecule has 0 amide bonds. The number of halogens is 1. The zero-order valence-electron chi connectivity index (χ0n) is 11.2. The Morgan fingerprint density at radius 1 is 1.18 bits per heavy atom. The molecule has 96 valence electrons. The Labute approximate surface area is 109 Å². The van der Waals surface area contributed by atoms with Crippen LogP contribution in [0.4, 0.5) is 0 Å². The second-order valence-electron chi connectivity index (χ2n) is 6.19. The lowest BCUT2D eigenvalue weighted by molar-refractivity contribution is 0.397. The van der Waals surface area contributed by atoms with Gasteiger partial charge in [-0.15, -0.1) is 0 Å². The lowest BCUT2D eigenvalue weighted by Crippen LogP contribution is -2.15. The molecule has 2 nitrogen and oxygen atoms in total. The monoisotopic (exact) mass is 254 g/mol. The van der Waals surface area contributed by atoms with Gasteiger partial charge in [-0.3, -0.25) is 4.68 Å². The Bertz CT molecular complexity index is 368. The largest absolute Gasteiger partial charge is 0.251 e. The van der Waals surface area contributed by atoms with Gasteiger partial charge in [0.1, 0.15) is 5.15 Å². The SMILES string of the molecule is CC(C)(C)c1cc(Cl)n(C2CCCCCC2)n1. The molecule has 0 bridgehead atoms. The van der Waals surface area contributed by atoms with Crippen molar-refractivity contribution in [3.8, 4) is 0 Å². The Kier molecular flexibility index (Phi) is 3.82. The van der Waals surface area contributed by atoms with Crippen LogP contribution in [0.5, 0.6) is 0 Å².